The number of fused-ring (bicyclic) bond motifs is 2. The summed E-state index contributed by atoms with van der Waals surface area (Å²) < 4.78 is 10.9. The van der Waals surface area contributed by atoms with E-state index in [-0.39, 0.29) is 35.4 Å². The second-order valence-corrected chi connectivity index (χ2v) is 9.44. The molecule has 6 atom stereocenters. The molecular weight excluding hydrogens is 372 g/mol. The van der Waals surface area contributed by atoms with Gasteiger partial charge in [-0.1, -0.05) is 25.5 Å². The van der Waals surface area contributed by atoms with Crippen molar-refractivity contribution in [3.8, 4) is 0 Å². The highest BCUT2D eigenvalue weighted by Gasteiger charge is 2.60. The fourth-order valence-electron chi connectivity index (χ4n) is 6.03. The molecule has 1 amide bonds. The van der Waals surface area contributed by atoms with Crippen LogP contribution < -0.4 is 4.90 Å². The van der Waals surface area contributed by atoms with Crippen molar-refractivity contribution in [3.05, 3.63) is 11.6 Å². The number of nitrogens with one attached hydrogen (secondary N) is 1. The molecule has 1 saturated carbocycles. The molecule has 0 radical (unpaired) electrons. The van der Waals surface area contributed by atoms with Crippen LogP contribution in [-0.2, 0) is 14.3 Å². The fourth-order valence-corrected chi connectivity index (χ4v) is 6.03. The van der Waals surface area contributed by atoms with E-state index in [1.165, 1.54) is 10.5 Å². The molecule has 0 unspecified atom stereocenters. The largest absolute Gasteiger partial charge is 0.461 e. The molecule has 2 aliphatic heterocycles. The predicted octanol–water partition coefficient (Wildman–Crippen LogP) is 0.628. The Morgan fingerprint density at radius 3 is 2.83 bits per heavy atom. The number of aliphatic hydroxyl groups is 1. The van der Waals surface area contributed by atoms with Crippen LogP contribution in [0.2, 0.25) is 0 Å². The Balaban J connectivity index is 1.44. The number of nitrogens with zero attached hydrogens (tertiary/aromatic N) is 1. The number of esters is 1. The van der Waals surface area contributed by atoms with Gasteiger partial charge in [0.1, 0.15) is 12.0 Å². The highest BCUT2D eigenvalue weighted by molar-refractivity contribution is 5.76. The van der Waals surface area contributed by atoms with Gasteiger partial charge in [0.2, 0.25) is 0 Å². The zero-order chi connectivity index (χ0) is 20.8. The lowest BCUT2D eigenvalue weighted by Crippen LogP contribution is -3.15. The van der Waals surface area contributed by atoms with Gasteiger partial charge in [-0.15, -0.1) is 0 Å². The van der Waals surface area contributed by atoms with E-state index in [4.69, 9.17) is 9.47 Å². The van der Waals surface area contributed by atoms with Crippen molar-refractivity contribution in [1.82, 2.24) is 4.90 Å². The van der Waals surface area contributed by atoms with Crippen molar-refractivity contribution >= 4 is 12.1 Å². The summed E-state index contributed by atoms with van der Waals surface area (Å²) in [5.74, 6) is -0.169. The van der Waals surface area contributed by atoms with Gasteiger partial charge < -0.3 is 19.5 Å². The first kappa shape index (κ1) is 20.7. The third kappa shape index (κ3) is 3.46. The molecule has 2 heterocycles. The number of piperazine rings is 1. The summed E-state index contributed by atoms with van der Waals surface area (Å²) in [7, 11) is 0. The molecule has 0 aromatic heterocycles. The van der Waals surface area contributed by atoms with Gasteiger partial charge >= 0.3 is 12.1 Å². The number of aliphatic hydroxyl groups excluding tert-OH is 1. The van der Waals surface area contributed by atoms with Crippen LogP contribution in [0.1, 0.15) is 40.0 Å². The molecular formula is C22H35N2O5+. The Hall–Kier alpha value is -1.60. The first-order valence-corrected chi connectivity index (χ1v) is 11.2. The molecule has 0 aromatic carbocycles. The van der Waals surface area contributed by atoms with Gasteiger partial charge in [-0.25, -0.2) is 4.79 Å². The summed E-state index contributed by atoms with van der Waals surface area (Å²) in [4.78, 5) is 27.7. The number of carbonyl (C=O) groups excluding carboxylic acids is 2. The summed E-state index contributed by atoms with van der Waals surface area (Å²) in [6.45, 7) is 10.1. The summed E-state index contributed by atoms with van der Waals surface area (Å²) in [6.07, 6.45) is 4.13. The molecule has 2 aliphatic carbocycles. The van der Waals surface area contributed by atoms with Crippen LogP contribution in [0.3, 0.4) is 0 Å². The maximum atomic E-state index is 12.8. The van der Waals surface area contributed by atoms with Crippen LogP contribution in [0.5, 0.6) is 0 Å². The minimum Gasteiger partial charge on any atom is -0.461 e. The Bertz CT molecular complexity index is 687. The molecule has 0 aromatic rings. The molecule has 2 N–H and O–H groups in total. The standard InChI is InChI=1S/C22H34N2O5/c1-4-28-21(27)24-10-8-23(9-11-24)13-16-18-17(29-20(16)26)12-15-7-5-6-14(2)22(15,3)19(18)25/h7,14,16-19,25H,4-6,8-13H2,1-3H3/p+1/t14-,16+,17+,18+,19+,22+/m0/s1. The first-order chi connectivity index (χ1) is 13.9. The molecule has 7 nitrogen and oxygen atoms in total. The topological polar surface area (TPSA) is 80.5 Å². The second-order valence-electron chi connectivity index (χ2n) is 9.44. The van der Waals surface area contributed by atoms with Crippen molar-refractivity contribution in [1.29, 1.82) is 0 Å². The fraction of sp³-hybridized carbons (Fsp3) is 0.818. The minimum atomic E-state index is -0.556. The van der Waals surface area contributed by atoms with Gasteiger partial charge in [-0.3, -0.25) is 9.69 Å². The highest BCUT2D eigenvalue weighted by Crippen LogP contribution is 2.55. The van der Waals surface area contributed by atoms with Gasteiger partial charge in [0.25, 0.3) is 0 Å². The van der Waals surface area contributed by atoms with Gasteiger partial charge in [0.15, 0.2) is 0 Å². The van der Waals surface area contributed by atoms with E-state index in [9.17, 15) is 14.7 Å². The molecule has 0 spiro atoms. The van der Waals surface area contributed by atoms with E-state index >= 15 is 0 Å². The van der Waals surface area contributed by atoms with Crippen molar-refractivity contribution in [2.24, 2.45) is 23.2 Å². The number of carbonyl (C=O) groups is 2. The van der Waals surface area contributed by atoms with E-state index in [0.29, 0.717) is 32.2 Å². The molecule has 29 heavy (non-hydrogen) atoms. The van der Waals surface area contributed by atoms with E-state index < -0.39 is 6.10 Å². The van der Waals surface area contributed by atoms with E-state index in [1.807, 2.05) is 6.92 Å². The van der Waals surface area contributed by atoms with E-state index in [2.05, 4.69) is 19.9 Å². The number of allylic oxidation sites excluding steroid dienone is 1. The molecule has 3 fully saturated rings. The smallest absolute Gasteiger partial charge is 0.410 e. The summed E-state index contributed by atoms with van der Waals surface area (Å²) in [5, 5.41) is 11.4. The molecule has 2 saturated heterocycles. The van der Waals surface area contributed by atoms with E-state index in [0.717, 1.165) is 32.4 Å². The first-order valence-electron chi connectivity index (χ1n) is 11.2. The summed E-state index contributed by atoms with van der Waals surface area (Å²) >= 11 is 0. The molecule has 162 valence electrons. The van der Waals surface area contributed by atoms with Crippen molar-refractivity contribution < 1.29 is 29.1 Å². The maximum absolute atomic E-state index is 12.8. The zero-order valence-corrected chi connectivity index (χ0v) is 17.9. The van der Waals surface area contributed by atoms with Crippen LogP contribution in [0.4, 0.5) is 4.79 Å². The third-order valence-electron chi connectivity index (χ3n) is 8.08. The summed E-state index contributed by atoms with van der Waals surface area (Å²) in [6, 6.07) is 0. The summed E-state index contributed by atoms with van der Waals surface area (Å²) in [5.41, 5.74) is 1.01. The lowest BCUT2D eigenvalue weighted by Gasteiger charge is -2.51. The van der Waals surface area contributed by atoms with Crippen LogP contribution >= 0.6 is 0 Å². The van der Waals surface area contributed by atoms with Crippen LogP contribution in [-0.4, -0.2) is 73.6 Å². The number of quaternary nitrogens is 1. The number of rotatable bonds is 3. The molecule has 4 rings (SSSR count). The lowest BCUT2D eigenvalue weighted by molar-refractivity contribution is -0.906. The minimum absolute atomic E-state index is 0.138. The van der Waals surface area contributed by atoms with Crippen molar-refractivity contribution in [2.75, 3.05) is 39.3 Å². The Morgan fingerprint density at radius 1 is 1.41 bits per heavy atom. The number of hydrogen-bond acceptors (Lipinski definition) is 5. The highest BCUT2D eigenvalue weighted by atomic mass is 16.6. The Labute approximate surface area is 173 Å². The lowest BCUT2D eigenvalue weighted by atomic mass is 9.55. The number of ether oxygens (including phenoxy) is 2. The van der Waals surface area contributed by atoms with Gasteiger partial charge in [0.05, 0.1) is 45.4 Å². The molecule has 0 bridgehead atoms. The second kappa shape index (κ2) is 7.91. The normalized spacial score (nSPS) is 40.0. The van der Waals surface area contributed by atoms with Crippen LogP contribution in [0.25, 0.3) is 0 Å². The quantitative estimate of drug-likeness (QED) is 0.530. The van der Waals surface area contributed by atoms with Gasteiger partial charge in [0, 0.05) is 17.8 Å². The Morgan fingerprint density at radius 2 is 2.14 bits per heavy atom. The monoisotopic (exact) mass is 407 g/mol. The average Bonchev–Trinajstić information content (AvgIpc) is 3.00. The average molecular weight is 408 g/mol. The molecule has 7 heteroatoms. The molecule has 4 aliphatic rings. The van der Waals surface area contributed by atoms with Crippen molar-refractivity contribution in [3.63, 3.8) is 0 Å². The Kier molecular flexibility index (Phi) is 5.64. The van der Waals surface area contributed by atoms with Crippen molar-refractivity contribution in [2.45, 2.75) is 52.2 Å². The third-order valence-corrected chi connectivity index (χ3v) is 8.08. The SMILES string of the molecule is CCOC(=O)N1CC[NH+](C[C@H]2C(=O)O[C@@H]3CC4=CCC[C@H](C)[C@@]4(C)[C@H](O)[C@@H]32)CC1. The van der Waals surface area contributed by atoms with Gasteiger partial charge in [-0.05, 0) is 25.7 Å². The zero-order valence-electron chi connectivity index (χ0n) is 17.9. The maximum Gasteiger partial charge on any atom is 0.410 e. The predicted molar refractivity (Wildman–Crippen MR) is 106 cm³/mol. The van der Waals surface area contributed by atoms with Crippen LogP contribution in [0, 0.1) is 23.2 Å². The number of hydrogen-bond donors (Lipinski definition) is 2. The van der Waals surface area contributed by atoms with Crippen LogP contribution in [0.15, 0.2) is 11.6 Å². The van der Waals surface area contributed by atoms with Gasteiger partial charge in [-0.2, -0.15) is 0 Å². The van der Waals surface area contributed by atoms with E-state index in [1.54, 1.807) is 4.90 Å². The number of amides is 1.